The molecule has 0 nitrogen and oxygen atoms in total. The molecule has 0 saturated heterocycles. The molecule has 11 heavy (non-hydrogen) atoms. The van der Waals surface area contributed by atoms with E-state index in [2.05, 4.69) is 24.3 Å². The van der Waals surface area contributed by atoms with Crippen molar-refractivity contribution in [1.82, 2.24) is 0 Å². The minimum absolute atomic E-state index is 0.0582. The summed E-state index contributed by atoms with van der Waals surface area (Å²) in [6.07, 6.45) is 15.3. The fourth-order valence-corrected chi connectivity index (χ4v) is 6.77. The van der Waals surface area contributed by atoms with E-state index < -0.39 is 0 Å². The van der Waals surface area contributed by atoms with Crippen molar-refractivity contribution in [2.45, 2.75) is 33.6 Å². The molecule has 56 valence electrons. The Labute approximate surface area is 79.0 Å². The molecule has 2 aliphatic carbocycles. The molecule has 1 heteroatoms. The molecular weight excluding hydrogens is 239 g/mol. The molecule has 0 spiro atoms. The zero-order chi connectivity index (χ0) is 7.52. The molecule has 0 heterocycles. The topological polar surface area (TPSA) is 0 Å². The van der Waals surface area contributed by atoms with E-state index in [1.165, 1.54) is 25.7 Å². The van der Waals surface area contributed by atoms with E-state index in [4.69, 9.17) is 0 Å². The van der Waals surface area contributed by atoms with E-state index in [0.717, 1.165) is 7.87 Å². The van der Waals surface area contributed by atoms with Gasteiger partial charge in [-0.2, -0.15) is 0 Å². The van der Waals surface area contributed by atoms with Crippen molar-refractivity contribution in [3.05, 3.63) is 24.3 Å². The van der Waals surface area contributed by atoms with Crippen LogP contribution in [0.1, 0.15) is 25.7 Å². The third kappa shape index (κ3) is 2.11. The van der Waals surface area contributed by atoms with Crippen LogP contribution >= 0.6 is 0 Å². The Balaban J connectivity index is 1.76. The van der Waals surface area contributed by atoms with Crippen LogP contribution in [0.15, 0.2) is 24.3 Å². The second-order valence-electron chi connectivity index (χ2n) is 3.42. The standard InChI is InChI=1S/2C5H7.Sn/c2*1-2-4-5-3-1;/h1-2,5H,3-4H2;1-3H,4-5H2;/q;;+2. The van der Waals surface area contributed by atoms with Crippen LogP contribution in [-0.2, 0) is 0 Å². The summed E-state index contributed by atoms with van der Waals surface area (Å²) in [5.41, 5.74) is 0. The molecule has 0 fully saturated rings. The Morgan fingerprint density at radius 1 is 1.09 bits per heavy atom. The van der Waals surface area contributed by atoms with Crippen molar-refractivity contribution in [3.8, 4) is 0 Å². The van der Waals surface area contributed by atoms with Crippen LogP contribution < -0.4 is 0 Å². The summed E-state index contributed by atoms with van der Waals surface area (Å²) in [5.74, 6) is 0. The van der Waals surface area contributed by atoms with Crippen molar-refractivity contribution in [1.29, 1.82) is 0 Å². The summed E-state index contributed by atoms with van der Waals surface area (Å²) in [5, 5.41) is 0. The van der Waals surface area contributed by atoms with Crippen molar-refractivity contribution in [3.63, 3.8) is 0 Å². The van der Waals surface area contributed by atoms with Gasteiger partial charge in [-0.25, -0.2) is 0 Å². The predicted molar refractivity (Wildman–Crippen MR) is 50.0 cm³/mol. The summed E-state index contributed by atoms with van der Waals surface area (Å²) in [4.78, 5) is 0. The monoisotopic (exact) mass is 254 g/mol. The third-order valence-electron chi connectivity index (χ3n) is 2.47. The van der Waals surface area contributed by atoms with Gasteiger partial charge < -0.3 is 0 Å². The normalized spacial score (nSPS) is 29.6. The number of hydrogen-bond acceptors (Lipinski definition) is 0. The SMILES string of the molecule is C1=C[CH]([Sn+2][CH]2CC=CC2)CC1. The molecule has 0 saturated carbocycles. The molecule has 0 amide bonds. The van der Waals surface area contributed by atoms with Crippen molar-refractivity contribution < 1.29 is 0 Å². The first-order chi connectivity index (χ1) is 5.45. The fourth-order valence-electron chi connectivity index (χ4n) is 1.83. The van der Waals surface area contributed by atoms with Crippen LogP contribution in [0.25, 0.3) is 0 Å². The van der Waals surface area contributed by atoms with Gasteiger partial charge in [0.1, 0.15) is 0 Å². The Morgan fingerprint density at radius 2 is 1.91 bits per heavy atom. The van der Waals surface area contributed by atoms with Crippen molar-refractivity contribution in [2.75, 3.05) is 0 Å². The van der Waals surface area contributed by atoms with Crippen LogP contribution in [-0.4, -0.2) is 21.1 Å². The Bertz CT molecular complexity index is 173. The van der Waals surface area contributed by atoms with Gasteiger partial charge in [0.05, 0.1) is 0 Å². The van der Waals surface area contributed by atoms with Gasteiger partial charge in [0.25, 0.3) is 0 Å². The van der Waals surface area contributed by atoms with Gasteiger partial charge >= 0.3 is 79.0 Å². The van der Waals surface area contributed by atoms with E-state index in [1.54, 1.807) is 0 Å². The average Bonchev–Trinajstić information content (AvgIpc) is 2.60. The minimum atomic E-state index is -0.0582. The van der Waals surface area contributed by atoms with Crippen LogP contribution in [0.3, 0.4) is 0 Å². The van der Waals surface area contributed by atoms with E-state index in [-0.39, 0.29) is 21.1 Å². The average molecular weight is 253 g/mol. The summed E-state index contributed by atoms with van der Waals surface area (Å²) < 4.78 is 2.23. The van der Waals surface area contributed by atoms with E-state index in [0.29, 0.717) is 0 Å². The Morgan fingerprint density at radius 3 is 2.55 bits per heavy atom. The van der Waals surface area contributed by atoms with Crippen molar-refractivity contribution in [2.24, 2.45) is 0 Å². The van der Waals surface area contributed by atoms with Crippen LogP contribution in [0.5, 0.6) is 0 Å². The quantitative estimate of drug-likeness (QED) is 0.524. The molecule has 0 aromatic heterocycles. The van der Waals surface area contributed by atoms with Gasteiger partial charge in [0, 0.05) is 0 Å². The van der Waals surface area contributed by atoms with Crippen LogP contribution in [0.4, 0.5) is 0 Å². The first-order valence-corrected chi connectivity index (χ1v) is 7.82. The van der Waals surface area contributed by atoms with Crippen LogP contribution in [0.2, 0.25) is 7.87 Å². The first-order valence-electron chi connectivity index (χ1n) is 4.53. The molecule has 0 bridgehead atoms. The molecule has 2 rings (SSSR count). The first kappa shape index (κ1) is 7.90. The summed E-state index contributed by atoms with van der Waals surface area (Å²) in [7, 11) is 0. The molecule has 0 aromatic carbocycles. The molecule has 2 aliphatic rings. The van der Waals surface area contributed by atoms with Gasteiger partial charge in [-0.1, -0.05) is 0 Å². The Kier molecular flexibility index (Phi) is 2.72. The van der Waals surface area contributed by atoms with Gasteiger partial charge in [-0.3, -0.25) is 0 Å². The van der Waals surface area contributed by atoms with Crippen molar-refractivity contribution >= 4 is 21.1 Å². The summed E-state index contributed by atoms with van der Waals surface area (Å²) >= 11 is -0.0582. The van der Waals surface area contributed by atoms with Gasteiger partial charge in [0.2, 0.25) is 0 Å². The molecule has 1 atom stereocenters. The number of hydrogen-bond donors (Lipinski definition) is 0. The molecule has 0 radical (unpaired) electrons. The molecular formula is C10H14Sn+2. The second-order valence-corrected chi connectivity index (χ2v) is 8.82. The number of allylic oxidation sites excluding steroid dienone is 4. The van der Waals surface area contributed by atoms with Gasteiger partial charge in [-0.05, 0) is 0 Å². The number of rotatable bonds is 2. The predicted octanol–water partition coefficient (Wildman–Crippen LogP) is 2.97. The van der Waals surface area contributed by atoms with Crippen LogP contribution in [0, 0.1) is 0 Å². The van der Waals surface area contributed by atoms with Gasteiger partial charge in [-0.15, -0.1) is 0 Å². The fraction of sp³-hybridized carbons (Fsp3) is 0.600. The van der Waals surface area contributed by atoms with Gasteiger partial charge in [0.15, 0.2) is 0 Å². The molecule has 0 N–H and O–H groups in total. The molecule has 1 unspecified atom stereocenters. The zero-order valence-electron chi connectivity index (χ0n) is 6.79. The zero-order valence-corrected chi connectivity index (χ0v) is 9.65. The van der Waals surface area contributed by atoms with E-state index >= 15 is 0 Å². The second kappa shape index (κ2) is 3.79. The summed E-state index contributed by atoms with van der Waals surface area (Å²) in [6, 6.07) is 0. The Hall–Kier alpha value is 0.279. The van der Waals surface area contributed by atoms with E-state index in [1.807, 2.05) is 0 Å². The maximum absolute atomic E-state index is 2.49. The summed E-state index contributed by atoms with van der Waals surface area (Å²) in [6.45, 7) is 0. The molecule has 0 aliphatic heterocycles. The van der Waals surface area contributed by atoms with E-state index in [9.17, 15) is 0 Å². The molecule has 0 aromatic rings. The maximum atomic E-state index is 2.49. The third-order valence-corrected chi connectivity index (χ3v) is 7.76.